The first-order chi connectivity index (χ1) is 4.95. The lowest BCUT2D eigenvalue weighted by Crippen LogP contribution is -2.28. The van der Waals surface area contributed by atoms with Gasteiger partial charge in [0.1, 0.15) is 6.61 Å². The van der Waals surface area contributed by atoms with Gasteiger partial charge in [-0.05, 0) is 6.42 Å². The standard InChI is InChI=1S/C6H12F3NO/c1-2-5(10)3-11-4-6(7,8)9/h5H,2-4,10H2,1H3/t5-/m1/s1. The molecule has 0 saturated heterocycles. The quantitative estimate of drug-likeness (QED) is 0.692. The summed E-state index contributed by atoms with van der Waals surface area (Å²) in [6, 6.07) is -0.294. The molecule has 0 aliphatic carbocycles. The van der Waals surface area contributed by atoms with Gasteiger partial charge in [-0.1, -0.05) is 6.92 Å². The van der Waals surface area contributed by atoms with Crippen molar-refractivity contribution in [1.82, 2.24) is 0 Å². The van der Waals surface area contributed by atoms with Gasteiger partial charge in [-0.15, -0.1) is 0 Å². The van der Waals surface area contributed by atoms with Crippen LogP contribution in [0.15, 0.2) is 0 Å². The molecule has 2 N–H and O–H groups in total. The van der Waals surface area contributed by atoms with E-state index in [0.717, 1.165) is 0 Å². The summed E-state index contributed by atoms with van der Waals surface area (Å²) in [6.07, 6.45) is -3.62. The van der Waals surface area contributed by atoms with E-state index in [2.05, 4.69) is 4.74 Å². The molecule has 0 aromatic rings. The molecule has 0 unspecified atom stereocenters. The van der Waals surface area contributed by atoms with E-state index in [-0.39, 0.29) is 12.6 Å². The van der Waals surface area contributed by atoms with Crippen molar-refractivity contribution in [2.24, 2.45) is 5.73 Å². The van der Waals surface area contributed by atoms with Crippen LogP contribution in [0.25, 0.3) is 0 Å². The lowest BCUT2D eigenvalue weighted by Gasteiger charge is -2.10. The Morgan fingerprint density at radius 1 is 1.45 bits per heavy atom. The van der Waals surface area contributed by atoms with Crippen molar-refractivity contribution in [2.75, 3.05) is 13.2 Å². The second-order valence-corrected chi connectivity index (χ2v) is 2.30. The number of hydrogen-bond acceptors (Lipinski definition) is 2. The Hall–Kier alpha value is -0.290. The molecule has 1 atom stereocenters. The third-order valence-electron chi connectivity index (χ3n) is 1.12. The molecule has 0 saturated carbocycles. The molecule has 0 spiro atoms. The van der Waals surface area contributed by atoms with Crippen molar-refractivity contribution >= 4 is 0 Å². The van der Waals surface area contributed by atoms with Gasteiger partial charge in [-0.3, -0.25) is 0 Å². The summed E-state index contributed by atoms with van der Waals surface area (Å²) in [5.74, 6) is 0. The van der Waals surface area contributed by atoms with Crippen LogP contribution in [-0.2, 0) is 4.74 Å². The smallest absolute Gasteiger partial charge is 0.370 e. The van der Waals surface area contributed by atoms with Crippen molar-refractivity contribution in [2.45, 2.75) is 25.6 Å². The van der Waals surface area contributed by atoms with E-state index >= 15 is 0 Å². The largest absolute Gasteiger partial charge is 0.411 e. The highest BCUT2D eigenvalue weighted by molar-refractivity contribution is 4.56. The summed E-state index contributed by atoms with van der Waals surface area (Å²) in [5, 5.41) is 0. The number of alkyl halides is 3. The molecule has 0 aromatic carbocycles. The van der Waals surface area contributed by atoms with E-state index in [9.17, 15) is 13.2 Å². The minimum absolute atomic E-state index is 0.0317. The molecule has 11 heavy (non-hydrogen) atoms. The predicted molar refractivity (Wildman–Crippen MR) is 35.1 cm³/mol. The topological polar surface area (TPSA) is 35.2 Å². The van der Waals surface area contributed by atoms with Crippen LogP contribution in [0.2, 0.25) is 0 Å². The molecular weight excluding hydrogens is 159 g/mol. The van der Waals surface area contributed by atoms with Gasteiger partial charge in [0.25, 0.3) is 0 Å². The molecular formula is C6H12F3NO. The molecule has 0 aromatic heterocycles. The summed E-state index contributed by atoms with van der Waals surface area (Å²) in [7, 11) is 0. The number of hydrogen-bond donors (Lipinski definition) is 1. The summed E-state index contributed by atoms with van der Waals surface area (Å²) in [6.45, 7) is 0.554. The van der Waals surface area contributed by atoms with Crippen LogP contribution in [0, 0.1) is 0 Å². The van der Waals surface area contributed by atoms with Crippen molar-refractivity contribution in [3.05, 3.63) is 0 Å². The first-order valence-electron chi connectivity index (χ1n) is 3.35. The average molecular weight is 171 g/mol. The highest BCUT2D eigenvalue weighted by Gasteiger charge is 2.27. The Labute approximate surface area is 63.5 Å². The van der Waals surface area contributed by atoms with Gasteiger partial charge in [-0.25, -0.2) is 0 Å². The fraction of sp³-hybridized carbons (Fsp3) is 1.00. The summed E-state index contributed by atoms with van der Waals surface area (Å²) < 4.78 is 38.6. The second kappa shape index (κ2) is 4.56. The Balaban J connectivity index is 3.28. The van der Waals surface area contributed by atoms with Gasteiger partial charge in [0.15, 0.2) is 0 Å². The maximum atomic E-state index is 11.4. The second-order valence-electron chi connectivity index (χ2n) is 2.30. The molecule has 0 amide bonds. The van der Waals surface area contributed by atoms with Crippen molar-refractivity contribution in [3.63, 3.8) is 0 Å². The zero-order chi connectivity index (χ0) is 8.91. The van der Waals surface area contributed by atoms with Crippen molar-refractivity contribution in [3.8, 4) is 0 Å². The van der Waals surface area contributed by atoms with Crippen LogP contribution < -0.4 is 5.73 Å². The number of rotatable bonds is 4. The predicted octanol–water partition coefficient (Wildman–Crippen LogP) is 1.30. The van der Waals surface area contributed by atoms with Gasteiger partial charge in [0.2, 0.25) is 0 Å². The van der Waals surface area contributed by atoms with Crippen LogP contribution >= 0.6 is 0 Å². The molecule has 0 bridgehead atoms. The van der Waals surface area contributed by atoms with Gasteiger partial charge in [0, 0.05) is 6.04 Å². The van der Waals surface area contributed by atoms with Crippen molar-refractivity contribution < 1.29 is 17.9 Å². The van der Waals surface area contributed by atoms with E-state index < -0.39 is 12.8 Å². The third kappa shape index (κ3) is 7.61. The van der Waals surface area contributed by atoms with E-state index in [0.29, 0.717) is 6.42 Å². The fourth-order valence-electron chi connectivity index (χ4n) is 0.444. The highest BCUT2D eigenvalue weighted by atomic mass is 19.4. The normalized spacial score (nSPS) is 15.0. The van der Waals surface area contributed by atoms with E-state index in [4.69, 9.17) is 5.73 Å². The molecule has 0 aliphatic rings. The molecule has 68 valence electrons. The molecule has 0 fully saturated rings. The van der Waals surface area contributed by atoms with Crippen molar-refractivity contribution in [1.29, 1.82) is 0 Å². The van der Waals surface area contributed by atoms with Crippen LogP contribution in [0.3, 0.4) is 0 Å². The molecule has 2 nitrogen and oxygen atoms in total. The minimum Gasteiger partial charge on any atom is -0.370 e. The van der Waals surface area contributed by atoms with E-state index in [1.54, 1.807) is 6.92 Å². The summed E-state index contributed by atoms with van der Waals surface area (Å²) in [5.41, 5.74) is 5.31. The van der Waals surface area contributed by atoms with E-state index in [1.165, 1.54) is 0 Å². The Morgan fingerprint density at radius 3 is 2.36 bits per heavy atom. The lowest BCUT2D eigenvalue weighted by molar-refractivity contribution is -0.174. The molecule has 0 heterocycles. The molecule has 0 aliphatic heterocycles. The minimum atomic E-state index is -4.24. The Morgan fingerprint density at radius 2 is 2.00 bits per heavy atom. The maximum Gasteiger partial charge on any atom is 0.411 e. The zero-order valence-electron chi connectivity index (χ0n) is 6.32. The van der Waals surface area contributed by atoms with Gasteiger partial charge < -0.3 is 10.5 Å². The van der Waals surface area contributed by atoms with Crippen LogP contribution in [0.4, 0.5) is 13.2 Å². The van der Waals surface area contributed by atoms with E-state index in [1.807, 2.05) is 0 Å². The first kappa shape index (κ1) is 10.7. The highest BCUT2D eigenvalue weighted by Crippen LogP contribution is 2.14. The van der Waals surface area contributed by atoms with Crippen LogP contribution in [0.1, 0.15) is 13.3 Å². The lowest BCUT2D eigenvalue weighted by atomic mass is 10.3. The van der Waals surface area contributed by atoms with Gasteiger partial charge in [0.05, 0.1) is 6.61 Å². The zero-order valence-corrected chi connectivity index (χ0v) is 6.32. The van der Waals surface area contributed by atoms with Gasteiger partial charge >= 0.3 is 6.18 Å². The maximum absolute atomic E-state index is 11.4. The fourth-order valence-corrected chi connectivity index (χ4v) is 0.444. The average Bonchev–Trinajstić information content (AvgIpc) is 1.85. The van der Waals surface area contributed by atoms with Gasteiger partial charge in [-0.2, -0.15) is 13.2 Å². The molecule has 0 rings (SSSR count). The number of nitrogens with two attached hydrogens (primary N) is 1. The Kier molecular flexibility index (Phi) is 4.44. The molecule has 5 heteroatoms. The van der Waals surface area contributed by atoms with Crippen LogP contribution in [0.5, 0.6) is 0 Å². The SMILES string of the molecule is CC[C@@H](N)COCC(F)(F)F. The summed E-state index contributed by atoms with van der Waals surface area (Å²) >= 11 is 0. The third-order valence-corrected chi connectivity index (χ3v) is 1.12. The van der Waals surface area contributed by atoms with Crippen LogP contribution in [-0.4, -0.2) is 25.4 Å². The Bertz CT molecular complexity index is 104. The number of halogens is 3. The summed E-state index contributed by atoms with van der Waals surface area (Å²) in [4.78, 5) is 0. The molecule has 0 radical (unpaired) electrons. The first-order valence-corrected chi connectivity index (χ1v) is 3.35. The monoisotopic (exact) mass is 171 g/mol. The number of ether oxygens (including phenoxy) is 1.